The summed E-state index contributed by atoms with van der Waals surface area (Å²) in [6.07, 6.45) is 3.93. The summed E-state index contributed by atoms with van der Waals surface area (Å²) in [4.78, 5) is 5.96. The number of nitrogens with zero attached hydrogens (tertiary/aromatic N) is 2. The summed E-state index contributed by atoms with van der Waals surface area (Å²) < 4.78 is 37.6. The Morgan fingerprint density at radius 3 is 2.85 bits per heavy atom. The first-order valence-electron chi connectivity index (χ1n) is 8.27. The Morgan fingerprint density at radius 1 is 1.42 bits per heavy atom. The summed E-state index contributed by atoms with van der Waals surface area (Å²) in [6, 6.07) is 8.33. The molecule has 0 unspecified atom stereocenters. The number of hydrogen-bond donors (Lipinski definition) is 1. The minimum atomic E-state index is -3.06. The van der Waals surface area contributed by atoms with Crippen molar-refractivity contribution >= 4 is 32.9 Å². The Labute approximate surface area is 158 Å². The molecule has 8 heteroatoms. The van der Waals surface area contributed by atoms with Crippen molar-refractivity contribution in [2.45, 2.75) is 25.9 Å². The number of hydrogen-bond acceptors (Lipinski definition) is 4. The van der Waals surface area contributed by atoms with E-state index in [9.17, 15) is 12.8 Å². The number of nitrogens with one attached hydrogen (secondary N) is 1. The molecule has 138 valence electrons. The van der Waals surface area contributed by atoms with Gasteiger partial charge >= 0.3 is 0 Å². The predicted octanol–water partition coefficient (Wildman–Crippen LogP) is 2.92. The Morgan fingerprint density at radius 2 is 2.23 bits per heavy atom. The summed E-state index contributed by atoms with van der Waals surface area (Å²) >= 11 is 5.52. The number of anilines is 1. The fraction of sp³-hybridized carbons (Fsp3) is 0.333. The first-order chi connectivity index (χ1) is 12.3. The zero-order valence-electron chi connectivity index (χ0n) is 14.4. The SMILES string of the molecule is Cc1ccc(NC(=S)N(Cc2cccnc2)[C@@H]2CCS(=O)(=O)C2)cc1F. The van der Waals surface area contributed by atoms with Crippen molar-refractivity contribution < 1.29 is 12.8 Å². The lowest BCUT2D eigenvalue weighted by atomic mass is 10.2. The summed E-state index contributed by atoms with van der Waals surface area (Å²) in [5.74, 6) is -0.0969. The average molecular weight is 394 g/mol. The molecule has 0 bridgehead atoms. The van der Waals surface area contributed by atoms with Crippen LogP contribution in [0.1, 0.15) is 17.5 Å². The molecule has 1 fully saturated rings. The summed E-state index contributed by atoms with van der Waals surface area (Å²) in [5.41, 5.74) is 2.02. The highest BCUT2D eigenvalue weighted by Crippen LogP contribution is 2.22. The summed E-state index contributed by atoms with van der Waals surface area (Å²) in [6.45, 7) is 2.13. The zero-order valence-corrected chi connectivity index (χ0v) is 16.0. The lowest BCUT2D eigenvalue weighted by molar-refractivity contribution is 0.332. The Kier molecular flexibility index (Phi) is 5.52. The van der Waals surface area contributed by atoms with Crippen LogP contribution in [0.15, 0.2) is 42.7 Å². The van der Waals surface area contributed by atoms with Crippen LogP contribution in [0.2, 0.25) is 0 Å². The van der Waals surface area contributed by atoms with Crippen LogP contribution in [0.3, 0.4) is 0 Å². The average Bonchev–Trinajstić information content (AvgIpc) is 2.96. The third-order valence-electron chi connectivity index (χ3n) is 4.41. The monoisotopic (exact) mass is 393 g/mol. The van der Waals surface area contributed by atoms with Crippen LogP contribution in [0.25, 0.3) is 0 Å². The smallest absolute Gasteiger partial charge is 0.174 e. The van der Waals surface area contributed by atoms with Gasteiger partial charge in [-0.15, -0.1) is 0 Å². The molecule has 1 aliphatic rings. The normalized spacial score (nSPS) is 18.5. The standard InChI is InChI=1S/C18H20FN3O2S2/c1-13-4-5-15(9-17(13)19)21-18(25)22(11-14-3-2-7-20-10-14)16-6-8-26(23,24)12-16/h2-5,7,9-10,16H,6,8,11-12H2,1H3,(H,21,25)/t16-/m1/s1. The van der Waals surface area contributed by atoms with Crippen molar-refractivity contribution in [2.75, 3.05) is 16.8 Å². The zero-order chi connectivity index (χ0) is 18.7. The van der Waals surface area contributed by atoms with Gasteiger partial charge in [0.2, 0.25) is 0 Å². The number of benzene rings is 1. The van der Waals surface area contributed by atoms with Crippen molar-refractivity contribution in [3.8, 4) is 0 Å². The molecule has 1 saturated heterocycles. The van der Waals surface area contributed by atoms with E-state index >= 15 is 0 Å². The maximum absolute atomic E-state index is 13.8. The van der Waals surface area contributed by atoms with Crippen LogP contribution in [0.4, 0.5) is 10.1 Å². The van der Waals surface area contributed by atoms with E-state index in [4.69, 9.17) is 12.2 Å². The van der Waals surface area contributed by atoms with Crippen LogP contribution in [0, 0.1) is 12.7 Å². The summed E-state index contributed by atoms with van der Waals surface area (Å²) in [5, 5.41) is 3.41. The molecule has 2 heterocycles. The lowest BCUT2D eigenvalue weighted by Gasteiger charge is -2.31. The van der Waals surface area contributed by atoms with Gasteiger partial charge in [-0.1, -0.05) is 12.1 Å². The molecule has 0 aliphatic carbocycles. The first-order valence-corrected chi connectivity index (χ1v) is 10.5. The molecular weight excluding hydrogens is 373 g/mol. The Hall–Kier alpha value is -2.06. The van der Waals surface area contributed by atoms with Gasteiger partial charge in [-0.2, -0.15) is 0 Å². The van der Waals surface area contributed by atoms with E-state index in [1.807, 2.05) is 17.0 Å². The fourth-order valence-electron chi connectivity index (χ4n) is 2.94. The van der Waals surface area contributed by atoms with Gasteiger partial charge in [0.1, 0.15) is 5.82 Å². The van der Waals surface area contributed by atoms with Crippen LogP contribution < -0.4 is 5.32 Å². The molecule has 1 aromatic carbocycles. The van der Waals surface area contributed by atoms with Gasteiger partial charge in [-0.05, 0) is 54.9 Å². The van der Waals surface area contributed by atoms with Crippen molar-refractivity contribution in [1.29, 1.82) is 0 Å². The van der Waals surface area contributed by atoms with E-state index in [1.54, 1.807) is 31.5 Å². The largest absolute Gasteiger partial charge is 0.341 e. The van der Waals surface area contributed by atoms with E-state index in [-0.39, 0.29) is 23.4 Å². The van der Waals surface area contributed by atoms with Crippen LogP contribution in [-0.2, 0) is 16.4 Å². The van der Waals surface area contributed by atoms with Crippen molar-refractivity contribution in [3.63, 3.8) is 0 Å². The van der Waals surface area contributed by atoms with Crippen molar-refractivity contribution in [3.05, 3.63) is 59.7 Å². The lowest BCUT2D eigenvalue weighted by Crippen LogP contribution is -2.43. The van der Waals surface area contributed by atoms with Gasteiger partial charge in [-0.3, -0.25) is 4.98 Å². The Balaban J connectivity index is 1.81. The minimum absolute atomic E-state index is 0.0668. The number of sulfone groups is 1. The van der Waals surface area contributed by atoms with E-state index in [0.29, 0.717) is 29.3 Å². The second kappa shape index (κ2) is 7.67. The van der Waals surface area contributed by atoms with E-state index < -0.39 is 9.84 Å². The number of halogens is 1. The third kappa shape index (κ3) is 4.56. The quantitative estimate of drug-likeness (QED) is 0.806. The van der Waals surface area contributed by atoms with Gasteiger partial charge < -0.3 is 10.2 Å². The van der Waals surface area contributed by atoms with Gasteiger partial charge in [0.05, 0.1) is 11.5 Å². The van der Waals surface area contributed by atoms with Crippen molar-refractivity contribution in [1.82, 2.24) is 9.88 Å². The van der Waals surface area contributed by atoms with Crippen LogP contribution >= 0.6 is 12.2 Å². The van der Waals surface area contributed by atoms with Gasteiger partial charge in [0.25, 0.3) is 0 Å². The molecule has 0 spiro atoms. The highest BCUT2D eigenvalue weighted by Gasteiger charge is 2.33. The molecule has 0 amide bonds. The fourth-order valence-corrected chi connectivity index (χ4v) is 5.00. The molecule has 5 nitrogen and oxygen atoms in total. The molecule has 1 atom stereocenters. The number of aromatic nitrogens is 1. The van der Waals surface area contributed by atoms with Crippen LogP contribution in [-0.4, -0.2) is 41.0 Å². The maximum Gasteiger partial charge on any atom is 0.174 e. The molecule has 0 saturated carbocycles. The second-order valence-corrected chi connectivity index (χ2v) is 9.06. The van der Waals surface area contributed by atoms with E-state index in [2.05, 4.69) is 10.3 Å². The topological polar surface area (TPSA) is 62.3 Å². The van der Waals surface area contributed by atoms with Gasteiger partial charge in [0.15, 0.2) is 14.9 Å². The maximum atomic E-state index is 13.8. The third-order valence-corrected chi connectivity index (χ3v) is 6.50. The van der Waals surface area contributed by atoms with Crippen molar-refractivity contribution in [2.24, 2.45) is 0 Å². The second-order valence-electron chi connectivity index (χ2n) is 6.44. The molecule has 3 rings (SSSR count). The van der Waals surface area contributed by atoms with E-state index in [0.717, 1.165) is 5.56 Å². The molecule has 0 radical (unpaired) electrons. The number of aryl methyl sites for hydroxylation is 1. The predicted molar refractivity (Wildman–Crippen MR) is 104 cm³/mol. The number of thiocarbonyl (C=S) groups is 1. The molecule has 26 heavy (non-hydrogen) atoms. The molecular formula is C18H20FN3O2S2. The van der Waals surface area contributed by atoms with Crippen LogP contribution in [0.5, 0.6) is 0 Å². The number of rotatable bonds is 4. The molecule has 2 aromatic rings. The molecule has 1 N–H and O–H groups in total. The summed E-state index contributed by atoms with van der Waals surface area (Å²) in [7, 11) is -3.06. The highest BCUT2D eigenvalue weighted by molar-refractivity contribution is 7.91. The Bertz CT molecular complexity index is 904. The first kappa shape index (κ1) is 18.7. The van der Waals surface area contributed by atoms with E-state index in [1.165, 1.54) is 6.07 Å². The number of pyridine rings is 1. The minimum Gasteiger partial charge on any atom is -0.341 e. The van der Waals surface area contributed by atoms with Gasteiger partial charge in [-0.25, -0.2) is 12.8 Å². The molecule has 1 aliphatic heterocycles. The van der Waals surface area contributed by atoms with Gasteiger partial charge in [0, 0.05) is 30.7 Å². The molecule has 1 aromatic heterocycles. The highest BCUT2D eigenvalue weighted by atomic mass is 32.2.